The van der Waals surface area contributed by atoms with E-state index in [4.69, 9.17) is 10.5 Å². The summed E-state index contributed by atoms with van der Waals surface area (Å²) in [4.78, 5) is 10.3. The van der Waals surface area contributed by atoms with Gasteiger partial charge in [-0.25, -0.2) is 8.42 Å². The van der Waals surface area contributed by atoms with Gasteiger partial charge in [0.25, 0.3) is 0 Å². The standard InChI is InChI=1S/C13H19N3O5S.ClH/c1-9(14)10-5-6-15(8-10)22(19,20)11-3-4-13(21-2)12(7-11)16(17)18;/h3-4,7,9-10H,5-6,8,14H2,1-2H3;1H. The molecule has 2 N–H and O–H groups in total. The molecule has 0 amide bonds. The van der Waals surface area contributed by atoms with Crippen LogP contribution in [0.1, 0.15) is 13.3 Å². The number of halogens is 1. The SMILES string of the molecule is COc1ccc(S(=O)(=O)N2CCC(C(C)N)C2)cc1[N+](=O)[O-].Cl. The first-order chi connectivity index (χ1) is 10.3. The number of nitrogens with zero attached hydrogens (tertiary/aromatic N) is 2. The molecule has 1 aromatic rings. The highest BCUT2D eigenvalue weighted by molar-refractivity contribution is 7.89. The molecule has 0 bridgehead atoms. The Labute approximate surface area is 141 Å². The van der Waals surface area contributed by atoms with Gasteiger partial charge in [-0.05, 0) is 31.4 Å². The van der Waals surface area contributed by atoms with Gasteiger partial charge in [-0.15, -0.1) is 12.4 Å². The number of nitrogens with two attached hydrogens (primary N) is 1. The Kier molecular flexibility index (Phi) is 6.34. The summed E-state index contributed by atoms with van der Waals surface area (Å²) in [5.74, 6) is 0.127. The van der Waals surface area contributed by atoms with Crippen LogP contribution in [-0.2, 0) is 10.0 Å². The van der Waals surface area contributed by atoms with Crippen LogP contribution in [0.3, 0.4) is 0 Å². The molecule has 1 saturated heterocycles. The van der Waals surface area contributed by atoms with Crippen molar-refractivity contribution in [2.75, 3.05) is 20.2 Å². The molecule has 1 aromatic carbocycles. The number of nitro groups is 1. The summed E-state index contributed by atoms with van der Waals surface area (Å²) < 4.78 is 31.4. The predicted octanol–water partition coefficient (Wildman–Crippen LogP) is 1.38. The second kappa shape index (κ2) is 7.43. The van der Waals surface area contributed by atoms with E-state index in [9.17, 15) is 18.5 Å². The van der Waals surface area contributed by atoms with E-state index >= 15 is 0 Å². The van der Waals surface area contributed by atoms with Crippen molar-refractivity contribution in [3.63, 3.8) is 0 Å². The van der Waals surface area contributed by atoms with Crippen LogP contribution in [0.15, 0.2) is 23.1 Å². The van der Waals surface area contributed by atoms with Crippen LogP contribution < -0.4 is 10.5 Å². The molecular formula is C13H20ClN3O5S. The normalized spacial score (nSPS) is 19.9. The quantitative estimate of drug-likeness (QED) is 0.622. The fraction of sp³-hybridized carbons (Fsp3) is 0.538. The molecular weight excluding hydrogens is 346 g/mol. The van der Waals surface area contributed by atoms with Gasteiger partial charge in [0.2, 0.25) is 10.0 Å². The molecule has 2 atom stereocenters. The number of methoxy groups -OCH3 is 1. The summed E-state index contributed by atoms with van der Waals surface area (Å²) in [6.07, 6.45) is 0.690. The minimum absolute atomic E-state index is 0. The lowest BCUT2D eigenvalue weighted by Gasteiger charge is -2.18. The van der Waals surface area contributed by atoms with Crippen molar-refractivity contribution >= 4 is 28.1 Å². The zero-order chi connectivity index (χ0) is 16.5. The number of hydrogen-bond donors (Lipinski definition) is 1. The molecule has 23 heavy (non-hydrogen) atoms. The fourth-order valence-corrected chi connectivity index (χ4v) is 4.06. The third-order valence-electron chi connectivity index (χ3n) is 3.92. The van der Waals surface area contributed by atoms with E-state index < -0.39 is 14.9 Å². The molecule has 1 heterocycles. The first-order valence-corrected chi connectivity index (χ1v) is 8.29. The lowest BCUT2D eigenvalue weighted by molar-refractivity contribution is -0.386. The Morgan fingerprint density at radius 2 is 2.13 bits per heavy atom. The summed E-state index contributed by atoms with van der Waals surface area (Å²) in [5, 5.41) is 11.0. The highest BCUT2D eigenvalue weighted by Gasteiger charge is 2.35. The zero-order valence-electron chi connectivity index (χ0n) is 12.8. The summed E-state index contributed by atoms with van der Waals surface area (Å²) >= 11 is 0. The number of sulfonamides is 1. The lowest BCUT2D eigenvalue weighted by atomic mass is 10.0. The van der Waals surface area contributed by atoms with E-state index in [1.807, 2.05) is 6.92 Å². The Bertz CT molecular complexity index is 680. The van der Waals surface area contributed by atoms with Crippen LogP contribution in [0, 0.1) is 16.0 Å². The number of rotatable bonds is 5. The minimum atomic E-state index is -3.77. The fourth-order valence-electron chi connectivity index (χ4n) is 2.52. The molecule has 8 nitrogen and oxygen atoms in total. The van der Waals surface area contributed by atoms with E-state index in [-0.39, 0.29) is 40.7 Å². The van der Waals surface area contributed by atoms with Crippen molar-refractivity contribution in [3.8, 4) is 5.75 Å². The topological polar surface area (TPSA) is 116 Å². The Hall–Kier alpha value is -1.42. The average Bonchev–Trinajstić information content (AvgIpc) is 2.97. The molecule has 0 radical (unpaired) electrons. The molecule has 1 fully saturated rings. The van der Waals surface area contributed by atoms with Gasteiger partial charge in [0, 0.05) is 25.2 Å². The maximum absolute atomic E-state index is 12.6. The van der Waals surface area contributed by atoms with Crippen LogP contribution in [0.5, 0.6) is 5.75 Å². The third-order valence-corrected chi connectivity index (χ3v) is 5.78. The van der Waals surface area contributed by atoms with Crippen LogP contribution in [0.2, 0.25) is 0 Å². The van der Waals surface area contributed by atoms with Gasteiger partial charge in [0.05, 0.1) is 16.9 Å². The summed E-state index contributed by atoms with van der Waals surface area (Å²) in [6.45, 7) is 2.55. The van der Waals surface area contributed by atoms with Crippen molar-refractivity contribution in [1.82, 2.24) is 4.31 Å². The van der Waals surface area contributed by atoms with Crippen molar-refractivity contribution in [2.24, 2.45) is 11.7 Å². The van der Waals surface area contributed by atoms with Gasteiger partial charge >= 0.3 is 5.69 Å². The van der Waals surface area contributed by atoms with Gasteiger partial charge in [-0.3, -0.25) is 10.1 Å². The second-order valence-electron chi connectivity index (χ2n) is 5.36. The molecule has 10 heteroatoms. The largest absolute Gasteiger partial charge is 0.490 e. The monoisotopic (exact) mass is 365 g/mol. The van der Waals surface area contributed by atoms with Crippen LogP contribution >= 0.6 is 12.4 Å². The highest BCUT2D eigenvalue weighted by Crippen LogP contribution is 2.32. The van der Waals surface area contributed by atoms with Gasteiger partial charge in [0.15, 0.2) is 5.75 Å². The molecule has 0 spiro atoms. The van der Waals surface area contributed by atoms with Crippen molar-refractivity contribution < 1.29 is 18.1 Å². The van der Waals surface area contributed by atoms with Crippen LogP contribution in [-0.4, -0.2) is 43.9 Å². The van der Waals surface area contributed by atoms with E-state index in [1.54, 1.807) is 0 Å². The molecule has 0 saturated carbocycles. The second-order valence-corrected chi connectivity index (χ2v) is 7.30. The Morgan fingerprint density at radius 3 is 2.61 bits per heavy atom. The van der Waals surface area contributed by atoms with Crippen LogP contribution in [0.25, 0.3) is 0 Å². The Balaban J connectivity index is 0.00000264. The van der Waals surface area contributed by atoms with E-state index in [2.05, 4.69) is 0 Å². The van der Waals surface area contributed by atoms with Crippen molar-refractivity contribution in [3.05, 3.63) is 28.3 Å². The van der Waals surface area contributed by atoms with E-state index in [1.165, 1.54) is 23.5 Å². The summed E-state index contributed by atoms with van der Waals surface area (Å²) in [7, 11) is -2.47. The number of hydrogen-bond acceptors (Lipinski definition) is 6. The Morgan fingerprint density at radius 1 is 1.48 bits per heavy atom. The first kappa shape index (κ1) is 19.6. The van der Waals surface area contributed by atoms with Crippen molar-refractivity contribution in [2.45, 2.75) is 24.3 Å². The predicted molar refractivity (Wildman–Crippen MR) is 87.4 cm³/mol. The number of nitro benzene ring substituents is 1. The third kappa shape index (κ3) is 3.92. The van der Waals surface area contributed by atoms with Crippen LogP contribution in [0.4, 0.5) is 5.69 Å². The first-order valence-electron chi connectivity index (χ1n) is 6.85. The van der Waals surface area contributed by atoms with Crippen molar-refractivity contribution in [1.29, 1.82) is 0 Å². The average molecular weight is 366 g/mol. The summed E-state index contributed by atoms with van der Waals surface area (Å²) in [5.41, 5.74) is 5.45. The molecule has 0 aliphatic carbocycles. The lowest BCUT2D eigenvalue weighted by Crippen LogP contribution is -2.33. The maximum atomic E-state index is 12.6. The molecule has 130 valence electrons. The maximum Gasteiger partial charge on any atom is 0.312 e. The molecule has 2 unspecified atom stereocenters. The number of benzene rings is 1. The van der Waals surface area contributed by atoms with Gasteiger partial charge in [-0.2, -0.15) is 4.31 Å². The van der Waals surface area contributed by atoms with E-state index in [0.717, 1.165) is 6.07 Å². The number of ether oxygens (including phenoxy) is 1. The van der Waals surface area contributed by atoms with E-state index in [0.29, 0.717) is 19.5 Å². The minimum Gasteiger partial charge on any atom is -0.490 e. The van der Waals surface area contributed by atoms with Gasteiger partial charge in [0.1, 0.15) is 0 Å². The van der Waals surface area contributed by atoms with Gasteiger partial charge in [-0.1, -0.05) is 0 Å². The molecule has 0 aromatic heterocycles. The summed E-state index contributed by atoms with van der Waals surface area (Å²) in [6, 6.07) is 3.56. The smallest absolute Gasteiger partial charge is 0.312 e. The molecule has 2 rings (SSSR count). The molecule has 1 aliphatic rings. The van der Waals surface area contributed by atoms with Gasteiger partial charge < -0.3 is 10.5 Å². The zero-order valence-corrected chi connectivity index (χ0v) is 14.5. The highest BCUT2D eigenvalue weighted by atomic mass is 35.5. The molecule has 1 aliphatic heterocycles.